The highest BCUT2D eigenvalue weighted by molar-refractivity contribution is 6.17. The molecule has 0 bridgehead atoms. The minimum absolute atomic E-state index is 0.291. The molecule has 0 amide bonds. The number of hydrogen-bond acceptors (Lipinski definition) is 9. The fraction of sp³-hybridized carbons (Fsp3) is 0.0588. The number of para-hydroxylation sites is 5. The van der Waals surface area contributed by atoms with Crippen LogP contribution in [0.15, 0.2) is 277 Å². The van der Waals surface area contributed by atoms with Gasteiger partial charge in [-0.15, -0.1) is 0 Å². The molecule has 3 unspecified atom stereocenters. The van der Waals surface area contributed by atoms with Gasteiger partial charge in [0.2, 0.25) is 0 Å². The predicted molar refractivity (Wildman–Crippen MR) is 315 cm³/mol. The van der Waals surface area contributed by atoms with Crippen molar-refractivity contribution in [1.82, 2.24) is 29.4 Å². The molecule has 0 radical (unpaired) electrons. The maximum absolute atomic E-state index is 5.53. The first-order valence-electron chi connectivity index (χ1n) is 26.4. The summed E-state index contributed by atoms with van der Waals surface area (Å²) in [6.45, 7) is 0. The average molecular weight is 1010 g/mol. The van der Waals surface area contributed by atoms with Crippen molar-refractivity contribution >= 4 is 79.8 Å². The molecule has 1 aliphatic carbocycles. The van der Waals surface area contributed by atoms with Crippen molar-refractivity contribution in [2.24, 2.45) is 9.98 Å². The predicted octanol–water partition coefficient (Wildman–Crippen LogP) is 15.2. The Bertz CT molecular complexity index is 3990. The SMILES string of the molecule is C1=NC2=C3C(c4cnccn4)=CC=C4c5cccc6c7nc(-c8ccccc8)cnc7n(c56)C(C(c5ccc(N(c6ccccc6)c6ccccc6)cc5)c5ccc(N(c6ccccc6)c6ccccc6)cc5)N(C2N=C1)C43. The van der Waals surface area contributed by atoms with E-state index in [9.17, 15) is 0 Å². The highest BCUT2D eigenvalue weighted by Crippen LogP contribution is 2.57. The van der Waals surface area contributed by atoms with Gasteiger partial charge in [0.05, 0.1) is 41.0 Å². The molecule has 0 fully saturated rings. The minimum atomic E-state index is -0.473. The number of benzene rings is 8. The van der Waals surface area contributed by atoms with Crippen molar-refractivity contribution in [2.75, 3.05) is 9.80 Å². The van der Waals surface area contributed by atoms with Crippen molar-refractivity contribution in [3.63, 3.8) is 0 Å². The van der Waals surface area contributed by atoms with Crippen LogP contribution in [0.3, 0.4) is 0 Å². The third-order valence-corrected chi connectivity index (χ3v) is 15.6. The van der Waals surface area contributed by atoms with Crippen molar-refractivity contribution in [2.45, 2.75) is 24.3 Å². The Morgan fingerprint density at radius 3 is 1.62 bits per heavy atom. The molecular formula is C68H48N10. The summed E-state index contributed by atoms with van der Waals surface area (Å²) in [6.07, 6.45) is 14.5. The van der Waals surface area contributed by atoms with Gasteiger partial charge in [0.25, 0.3) is 0 Å². The molecule has 3 aliphatic heterocycles. The minimum Gasteiger partial charge on any atom is -0.311 e. The van der Waals surface area contributed by atoms with E-state index in [1.54, 1.807) is 12.4 Å². The van der Waals surface area contributed by atoms with Crippen LogP contribution in [0.2, 0.25) is 0 Å². The van der Waals surface area contributed by atoms with Gasteiger partial charge in [-0.1, -0.05) is 158 Å². The standard InChI is InChI=1S/C68H48N10/c1-6-17-45(18-7-1)58-44-73-66-62(74-58)57-28-16-27-54-55-37-38-56(59-43-69-39-40-70-59)61-63-67(72-42-41-71-63)78(65(55)61)68(77(66)64(54)57)60(46-29-33-52(34-30-46)75(48-19-8-2-9-20-48)49-21-10-3-11-22-49)47-31-35-53(36-32-47)76(50-23-12-4-13-24-50)51-25-14-5-15-26-51/h1-44,60,65,67-68H. The lowest BCUT2D eigenvalue weighted by Crippen LogP contribution is -2.46. The van der Waals surface area contributed by atoms with Gasteiger partial charge >= 0.3 is 0 Å². The molecule has 6 heterocycles. The van der Waals surface area contributed by atoms with Gasteiger partial charge in [0.15, 0.2) is 5.65 Å². The third-order valence-electron chi connectivity index (χ3n) is 15.6. The van der Waals surface area contributed by atoms with Crippen molar-refractivity contribution in [3.05, 3.63) is 289 Å². The van der Waals surface area contributed by atoms with E-state index in [1.807, 2.05) is 30.9 Å². The number of nitrogens with zero attached hydrogens (tertiary/aromatic N) is 10. The largest absolute Gasteiger partial charge is 0.311 e. The van der Waals surface area contributed by atoms with Gasteiger partial charge < -0.3 is 14.4 Å². The molecule has 15 rings (SSSR count). The molecule has 11 aromatic rings. The number of hydrogen-bond donors (Lipinski definition) is 0. The molecule has 10 heteroatoms. The summed E-state index contributed by atoms with van der Waals surface area (Å²) in [5.41, 5.74) is 19.1. The fourth-order valence-electron chi connectivity index (χ4n) is 12.3. The van der Waals surface area contributed by atoms with E-state index in [4.69, 9.17) is 24.9 Å². The van der Waals surface area contributed by atoms with Crippen LogP contribution in [0.4, 0.5) is 34.1 Å². The summed E-state index contributed by atoms with van der Waals surface area (Å²) in [7, 11) is 0. The van der Waals surface area contributed by atoms with E-state index in [-0.39, 0.29) is 12.0 Å². The topological polar surface area (TPSA) is 90.9 Å². The summed E-state index contributed by atoms with van der Waals surface area (Å²) in [4.78, 5) is 38.4. The quantitative estimate of drug-likeness (QED) is 0.127. The summed E-state index contributed by atoms with van der Waals surface area (Å²) in [5.74, 6) is -0.328. The van der Waals surface area contributed by atoms with Gasteiger partial charge in [-0.2, -0.15) is 0 Å². The Morgan fingerprint density at radius 1 is 0.487 bits per heavy atom. The Labute approximate surface area is 451 Å². The van der Waals surface area contributed by atoms with Crippen LogP contribution in [-0.4, -0.2) is 54.0 Å². The number of aromatic nitrogens is 5. The lowest BCUT2D eigenvalue weighted by atomic mass is 9.82. The van der Waals surface area contributed by atoms with Crippen LogP contribution in [0, 0.1) is 0 Å². The Hall–Kier alpha value is -10.2. The van der Waals surface area contributed by atoms with Crippen molar-refractivity contribution in [1.29, 1.82) is 0 Å². The van der Waals surface area contributed by atoms with E-state index in [0.717, 1.165) is 112 Å². The molecule has 0 saturated heterocycles. The first-order chi connectivity index (χ1) is 38.7. The van der Waals surface area contributed by atoms with Gasteiger partial charge in [-0.3, -0.25) is 20.0 Å². The fourth-order valence-corrected chi connectivity index (χ4v) is 12.3. The van der Waals surface area contributed by atoms with Crippen LogP contribution in [0.5, 0.6) is 0 Å². The van der Waals surface area contributed by atoms with Crippen molar-refractivity contribution < 1.29 is 0 Å². The zero-order chi connectivity index (χ0) is 51.5. The number of rotatable bonds is 11. The third kappa shape index (κ3) is 7.44. The van der Waals surface area contributed by atoms with Gasteiger partial charge in [-0.25, -0.2) is 14.9 Å². The smallest absolute Gasteiger partial charge is 0.161 e. The molecular weight excluding hydrogens is 957 g/mol. The van der Waals surface area contributed by atoms with E-state index in [0.29, 0.717) is 0 Å². The lowest BCUT2D eigenvalue weighted by molar-refractivity contribution is 0.104. The molecule has 10 nitrogen and oxygen atoms in total. The summed E-state index contributed by atoms with van der Waals surface area (Å²) in [6, 6.07) is 77.4. The zero-order valence-corrected chi connectivity index (χ0v) is 42.2. The van der Waals surface area contributed by atoms with E-state index in [1.165, 1.54) is 0 Å². The van der Waals surface area contributed by atoms with Crippen LogP contribution in [0.25, 0.3) is 44.5 Å². The van der Waals surface area contributed by atoms with E-state index in [2.05, 4.69) is 249 Å². The van der Waals surface area contributed by atoms with Gasteiger partial charge in [-0.05, 0) is 89.5 Å². The number of allylic oxidation sites excluding steroid dienone is 2. The first-order valence-corrected chi connectivity index (χ1v) is 26.4. The van der Waals surface area contributed by atoms with Gasteiger partial charge in [0, 0.05) is 92.5 Å². The first kappa shape index (κ1) is 45.3. The zero-order valence-electron chi connectivity index (χ0n) is 42.2. The number of anilines is 6. The Kier molecular flexibility index (Phi) is 11.0. The van der Waals surface area contributed by atoms with E-state index < -0.39 is 12.3 Å². The van der Waals surface area contributed by atoms with Crippen LogP contribution in [0.1, 0.15) is 34.5 Å². The Morgan fingerprint density at radius 2 is 1.05 bits per heavy atom. The van der Waals surface area contributed by atoms with E-state index >= 15 is 0 Å². The molecule has 4 aliphatic rings. The molecule has 8 aromatic carbocycles. The lowest BCUT2D eigenvalue weighted by Gasteiger charge is -2.42. The average Bonchev–Trinajstić information content (AvgIpc) is 4.14. The number of fused-ring (bicyclic) bond motifs is 6. The summed E-state index contributed by atoms with van der Waals surface area (Å²) < 4.78 is 2.49. The maximum atomic E-state index is 5.53. The molecule has 0 N–H and O–H groups in total. The second-order valence-corrected chi connectivity index (χ2v) is 19.8. The molecule has 78 heavy (non-hydrogen) atoms. The normalized spacial score (nSPS) is 17.2. The molecule has 3 atom stereocenters. The molecule has 3 aromatic heterocycles. The molecule has 0 saturated carbocycles. The second-order valence-electron chi connectivity index (χ2n) is 19.8. The van der Waals surface area contributed by atoms with Gasteiger partial charge in [0.1, 0.15) is 17.8 Å². The monoisotopic (exact) mass is 1000 g/mol. The van der Waals surface area contributed by atoms with Crippen LogP contribution >= 0.6 is 0 Å². The second kappa shape index (κ2) is 18.9. The highest BCUT2D eigenvalue weighted by Gasteiger charge is 2.53. The van der Waals surface area contributed by atoms with Crippen LogP contribution in [-0.2, 0) is 0 Å². The number of aliphatic imine (C=N–C) groups is 2. The summed E-state index contributed by atoms with van der Waals surface area (Å²) >= 11 is 0. The highest BCUT2D eigenvalue weighted by atomic mass is 15.4. The van der Waals surface area contributed by atoms with Crippen molar-refractivity contribution in [3.8, 4) is 11.3 Å². The maximum Gasteiger partial charge on any atom is 0.161 e. The Balaban J connectivity index is 1.000. The van der Waals surface area contributed by atoms with Crippen LogP contribution < -0.4 is 9.80 Å². The summed E-state index contributed by atoms with van der Waals surface area (Å²) in [5, 5.41) is 1.03. The molecule has 0 spiro atoms. The molecule has 370 valence electrons.